The number of phenolic OH excluding ortho intramolecular Hbond substituents is 1. The van der Waals surface area contributed by atoms with E-state index in [2.05, 4.69) is 6.58 Å². The van der Waals surface area contributed by atoms with Crippen LogP contribution in [0.4, 0.5) is 0 Å². The van der Waals surface area contributed by atoms with Crippen molar-refractivity contribution < 1.29 is 10.2 Å². The number of hydrogen-bond donors (Lipinski definition) is 3. The van der Waals surface area contributed by atoms with Crippen LogP contribution in [0.25, 0.3) is 0 Å². The maximum atomic E-state index is 9.61. The molecule has 3 nitrogen and oxygen atoms in total. The Balaban J connectivity index is 2.88. The van der Waals surface area contributed by atoms with Crippen LogP contribution in [0.15, 0.2) is 36.9 Å². The maximum Gasteiger partial charge on any atom is 0.115 e. The molecule has 70 valence electrons. The van der Waals surface area contributed by atoms with E-state index in [-0.39, 0.29) is 5.75 Å². The summed E-state index contributed by atoms with van der Waals surface area (Å²) in [5.74, 6) is 0.118. The first-order chi connectivity index (χ1) is 6.15. The van der Waals surface area contributed by atoms with Crippen molar-refractivity contribution in [1.82, 2.24) is 0 Å². The van der Waals surface area contributed by atoms with E-state index in [1.54, 1.807) is 12.1 Å². The molecule has 1 aromatic carbocycles. The highest BCUT2D eigenvalue weighted by molar-refractivity contribution is 5.29. The fourth-order valence-corrected chi connectivity index (χ4v) is 1.06. The molecule has 0 spiro atoms. The second-order valence-electron chi connectivity index (χ2n) is 2.85. The molecular formula is C10H13NO2. The molecule has 1 aromatic rings. The van der Waals surface area contributed by atoms with Gasteiger partial charge >= 0.3 is 0 Å². The average molecular weight is 179 g/mol. The van der Waals surface area contributed by atoms with Crippen LogP contribution < -0.4 is 5.73 Å². The zero-order valence-corrected chi connectivity index (χ0v) is 7.22. The van der Waals surface area contributed by atoms with Crippen molar-refractivity contribution in [3.63, 3.8) is 0 Å². The molecule has 0 heterocycles. The Morgan fingerprint density at radius 2 is 2.15 bits per heavy atom. The van der Waals surface area contributed by atoms with Crippen LogP contribution in [0.5, 0.6) is 5.75 Å². The third-order valence-corrected chi connectivity index (χ3v) is 1.85. The van der Waals surface area contributed by atoms with Gasteiger partial charge in [-0.1, -0.05) is 18.2 Å². The first-order valence-electron chi connectivity index (χ1n) is 4.00. The first kappa shape index (κ1) is 9.77. The van der Waals surface area contributed by atoms with E-state index in [4.69, 9.17) is 10.8 Å². The van der Waals surface area contributed by atoms with E-state index in [1.807, 2.05) is 0 Å². The molecule has 13 heavy (non-hydrogen) atoms. The predicted octanol–water partition coefficient (Wildman–Crippen LogP) is 0.939. The van der Waals surface area contributed by atoms with Crippen LogP contribution in [0, 0.1) is 0 Å². The third-order valence-electron chi connectivity index (χ3n) is 1.85. The number of rotatable bonds is 3. The number of aliphatic hydroxyl groups is 1. The van der Waals surface area contributed by atoms with E-state index in [0.717, 1.165) is 0 Å². The first-order valence-corrected chi connectivity index (χ1v) is 4.00. The standard InChI is InChI=1S/C10H13NO2/c1-2-9(11)10(13)7-4-3-5-8(12)6-7/h2-6,9-10,12-13H,1,11H2/t9-,10+/m0/s1. The molecule has 3 heteroatoms. The number of benzene rings is 1. The van der Waals surface area contributed by atoms with E-state index in [1.165, 1.54) is 18.2 Å². The van der Waals surface area contributed by atoms with Gasteiger partial charge in [0.1, 0.15) is 5.75 Å². The van der Waals surface area contributed by atoms with E-state index in [0.29, 0.717) is 5.56 Å². The molecule has 0 bridgehead atoms. The van der Waals surface area contributed by atoms with E-state index in [9.17, 15) is 5.11 Å². The summed E-state index contributed by atoms with van der Waals surface area (Å²) in [6.07, 6.45) is 0.652. The van der Waals surface area contributed by atoms with Crippen LogP contribution in [0.1, 0.15) is 11.7 Å². The van der Waals surface area contributed by atoms with Gasteiger partial charge in [0.25, 0.3) is 0 Å². The minimum absolute atomic E-state index is 0.118. The third kappa shape index (κ3) is 2.31. The number of nitrogens with two attached hydrogens (primary N) is 1. The van der Waals surface area contributed by atoms with E-state index < -0.39 is 12.1 Å². The molecule has 0 saturated carbocycles. The van der Waals surface area contributed by atoms with Crippen LogP contribution in [0.2, 0.25) is 0 Å². The average Bonchev–Trinajstić information content (AvgIpc) is 2.15. The molecule has 0 amide bonds. The van der Waals surface area contributed by atoms with Gasteiger partial charge in [-0.25, -0.2) is 0 Å². The van der Waals surface area contributed by atoms with Gasteiger partial charge < -0.3 is 15.9 Å². The zero-order chi connectivity index (χ0) is 9.84. The molecule has 0 aliphatic rings. The van der Waals surface area contributed by atoms with Crippen molar-refractivity contribution in [2.75, 3.05) is 0 Å². The quantitative estimate of drug-likeness (QED) is 0.605. The monoisotopic (exact) mass is 179 g/mol. The highest BCUT2D eigenvalue weighted by atomic mass is 16.3. The lowest BCUT2D eigenvalue weighted by atomic mass is 10.0. The minimum Gasteiger partial charge on any atom is -0.508 e. The van der Waals surface area contributed by atoms with Gasteiger partial charge in [0.05, 0.1) is 12.1 Å². The van der Waals surface area contributed by atoms with Gasteiger partial charge in [-0.05, 0) is 17.7 Å². The summed E-state index contributed by atoms with van der Waals surface area (Å²) in [5, 5.41) is 18.7. The SMILES string of the molecule is C=C[C@H](N)[C@H](O)c1cccc(O)c1. The summed E-state index contributed by atoms with van der Waals surface area (Å²) in [6.45, 7) is 3.48. The van der Waals surface area contributed by atoms with Crippen LogP contribution in [-0.4, -0.2) is 16.3 Å². The molecule has 0 unspecified atom stereocenters. The highest BCUT2D eigenvalue weighted by Gasteiger charge is 2.13. The molecule has 0 aliphatic carbocycles. The Morgan fingerprint density at radius 1 is 1.46 bits per heavy atom. The van der Waals surface area contributed by atoms with Crippen LogP contribution in [-0.2, 0) is 0 Å². The Kier molecular flexibility index (Phi) is 3.06. The normalized spacial score (nSPS) is 14.9. The summed E-state index contributed by atoms with van der Waals surface area (Å²) in [6, 6.07) is 5.86. The van der Waals surface area contributed by atoms with Gasteiger partial charge in [-0.2, -0.15) is 0 Å². The summed E-state index contributed by atoms with van der Waals surface area (Å²) < 4.78 is 0. The number of phenols is 1. The smallest absolute Gasteiger partial charge is 0.115 e. The number of aromatic hydroxyl groups is 1. The largest absolute Gasteiger partial charge is 0.508 e. The second-order valence-corrected chi connectivity index (χ2v) is 2.85. The fraction of sp³-hybridized carbons (Fsp3) is 0.200. The van der Waals surface area contributed by atoms with Crippen molar-refractivity contribution in [1.29, 1.82) is 0 Å². The summed E-state index contributed by atoms with van der Waals surface area (Å²) in [5.41, 5.74) is 6.14. The van der Waals surface area contributed by atoms with Crippen molar-refractivity contribution in [2.45, 2.75) is 12.1 Å². The van der Waals surface area contributed by atoms with Gasteiger partial charge in [0, 0.05) is 0 Å². The van der Waals surface area contributed by atoms with E-state index >= 15 is 0 Å². The van der Waals surface area contributed by atoms with Crippen molar-refractivity contribution in [3.05, 3.63) is 42.5 Å². The Labute approximate surface area is 77.1 Å². The molecule has 2 atom stereocenters. The van der Waals surface area contributed by atoms with Crippen LogP contribution >= 0.6 is 0 Å². The van der Waals surface area contributed by atoms with Crippen molar-refractivity contribution >= 4 is 0 Å². The fourth-order valence-electron chi connectivity index (χ4n) is 1.06. The van der Waals surface area contributed by atoms with Gasteiger partial charge in [0.15, 0.2) is 0 Å². The summed E-state index contributed by atoms with van der Waals surface area (Å²) >= 11 is 0. The lowest BCUT2D eigenvalue weighted by Crippen LogP contribution is -2.25. The number of aliphatic hydroxyl groups excluding tert-OH is 1. The number of hydrogen-bond acceptors (Lipinski definition) is 3. The topological polar surface area (TPSA) is 66.5 Å². The molecule has 4 N–H and O–H groups in total. The zero-order valence-electron chi connectivity index (χ0n) is 7.22. The molecule has 0 aliphatic heterocycles. The van der Waals surface area contributed by atoms with Crippen molar-refractivity contribution in [2.24, 2.45) is 5.73 Å². The summed E-state index contributed by atoms with van der Waals surface area (Å²) in [7, 11) is 0. The maximum absolute atomic E-state index is 9.61. The molecular weight excluding hydrogens is 166 g/mol. The molecule has 0 aromatic heterocycles. The molecule has 0 radical (unpaired) electrons. The van der Waals surface area contributed by atoms with Gasteiger partial charge in [-0.3, -0.25) is 0 Å². The van der Waals surface area contributed by atoms with Gasteiger partial charge in [-0.15, -0.1) is 6.58 Å². The van der Waals surface area contributed by atoms with Gasteiger partial charge in [0.2, 0.25) is 0 Å². The minimum atomic E-state index is -0.815. The second kappa shape index (κ2) is 4.07. The Bertz CT molecular complexity index is 299. The molecule has 0 saturated heterocycles. The molecule has 0 fully saturated rings. The van der Waals surface area contributed by atoms with Crippen LogP contribution in [0.3, 0.4) is 0 Å². The Hall–Kier alpha value is -1.32. The molecule has 1 rings (SSSR count). The Morgan fingerprint density at radius 3 is 2.69 bits per heavy atom. The highest BCUT2D eigenvalue weighted by Crippen LogP contribution is 2.20. The lowest BCUT2D eigenvalue weighted by Gasteiger charge is -2.15. The summed E-state index contributed by atoms with van der Waals surface area (Å²) in [4.78, 5) is 0. The lowest BCUT2D eigenvalue weighted by molar-refractivity contribution is 0.163. The van der Waals surface area contributed by atoms with Crippen molar-refractivity contribution in [3.8, 4) is 5.75 Å². The predicted molar refractivity (Wildman–Crippen MR) is 51.2 cm³/mol.